The number of aliphatic hydroxyl groups is 2. The van der Waals surface area contributed by atoms with Crippen molar-refractivity contribution in [3.8, 4) is 0 Å². The molecule has 2 N–H and O–H groups in total. The lowest BCUT2D eigenvalue weighted by Crippen LogP contribution is -2.03. The van der Waals surface area contributed by atoms with Crippen LogP contribution in [0.5, 0.6) is 0 Å². The summed E-state index contributed by atoms with van der Waals surface area (Å²) in [7, 11) is 0. The molecule has 2 heteroatoms. The molecule has 0 rings (SSSR count). The van der Waals surface area contributed by atoms with E-state index in [0.29, 0.717) is 6.61 Å². The van der Waals surface area contributed by atoms with Crippen LogP contribution in [0.2, 0.25) is 0 Å². The van der Waals surface area contributed by atoms with Crippen molar-refractivity contribution in [1.29, 1.82) is 0 Å². The minimum atomic E-state index is -0.0448. The third-order valence-electron chi connectivity index (χ3n) is 4.12. The van der Waals surface area contributed by atoms with Crippen molar-refractivity contribution in [3.05, 3.63) is 0 Å². The van der Waals surface area contributed by atoms with Gasteiger partial charge in [-0.15, -0.1) is 0 Å². The number of hydrogen-bond donors (Lipinski definition) is 2. The zero-order valence-corrected chi connectivity index (χ0v) is 15.8. The molecule has 0 aromatic rings. The van der Waals surface area contributed by atoms with Crippen LogP contribution in [0, 0.1) is 0 Å². The lowest BCUT2D eigenvalue weighted by atomic mass is 10.1. The zero-order valence-electron chi connectivity index (χ0n) is 15.8. The number of hydrogen-bond acceptors (Lipinski definition) is 2. The van der Waals surface area contributed by atoms with Crippen molar-refractivity contribution < 1.29 is 10.2 Å². The fraction of sp³-hybridized carbons (Fsp3) is 1.00. The van der Waals surface area contributed by atoms with Crippen LogP contribution in [0.25, 0.3) is 0 Å². The quantitative estimate of drug-likeness (QED) is 0.351. The summed E-state index contributed by atoms with van der Waals surface area (Å²) in [5, 5.41) is 17.7. The maximum Gasteiger partial charge on any atom is 0.0537 e. The molecular formula is C20H44O2. The molecule has 1 atom stereocenters. The summed E-state index contributed by atoms with van der Waals surface area (Å²) in [6, 6.07) is 0. The van der Waals surface area contributed by atoms with E-state index in [-0.39, 0.29) is 6.10 Å². The molecule has 0 aliphatic rings. The number of aliphatic hydroxyl groups excluding tert-OH is 2. The molecule has 0 radical (unpaired) electrons. The first-order chi connectivity index (χ1) is 10.7. The Morgan fingerprint density at radius 2 is 1.00 bits per heavy atom. The van der Waals surface area contributed by atoms with E-state index in [1.807, 2.05) is 6.92 Å². The highest BCUT2D eigenvalue weighted by atomic mass is 16.3. The molecular weight excluding hydrogens is 272 g/mol. The van der Waals surface area contributed by atoms with Crippen LogP contribution in [-0.2, 0) is 0 Å². The fourth-order valence-corrected chi connectivity index (χ4v) is 2.43. The van der Waals surface area contributed by atoms with Crippen LogP contribution in [0.15, 0.2) is 0 Å². The summed E-state index contributed by atoms with van der Waals surface area (Å²) in [5.41, 5.74) is 0. The Hall–Kier alpha value is -0.0800. The Balaban J connectivity index is 0. The van der Waals surface area contributed by atoms with Crippen molar-refractivity contribution in [3.63, 3.8) is 0 Å². The Kier molecular flexibility index (Phi) is 25.5. The maximum atomic E-state index is 9.21. The van der Waals surface area contributed by atoms with Crippen LogP contribution in [0.3, 0.4) is 0 Å². The molecule has 0 bridgehead atoms. The van der Waals surface area contributed by atoms with Crippen molar-refractivity contribution in [1.82, 2.24) is 0 Å². The molecule has 0 saturated carbocycles. The second-order valence-electron chi connectivity index (χ2n) is 6.46. The van der Waals surface area contributed by atoms with Gasteiger partial charge in [-0.3, -0.25) is 0 Å². The van der Waals surface area contributed by atoms with Gasteiger partial charge in [-0.25, -0.2) is 0 Å². The highest BCUT2D eigenvalue weighted by Gasteiger charge is 1.98. The second kappa shape index (κ2) is 23.2. The van der Waals surface area contributed by atoms with Gasteiger partial charge in [0.1, 0.15) is 0 Å². The minimum Gasteiger partial charge on any atom is -0.396 e. The monoisotopic (exact) mass is 316 g/mol. The van der Waals surface area contributed by atoms with Crippen molar-refractivity contribution in [2.75, 3.05) is 6.61 Å². The topological polar surface area (TPSA) is 40.5 Å². The molecule has 136 valence electrons. The zero-order chi connectivity index (χ0) is 16.9. The molecule has 0 heterocycles. The summed E-state index contributed by atoms with van der Waals surface area (Å²) in [6.07, 6.45) is 18.7. The van der Waals surface area contributed by atoms with Crippen LogP contribution in [0.4, 0.5) is 0 Å². The Bertz CT molecular complexity index is 163. The van der Waals surface area contributed by atoms with E-state index in [0.717, 1.165) is 19.3 Å². The standard InChI is InChI=1S/2C10H22O/c1-3-5-6-7-8-9-10(11)4-2;1-2-3-4-5-6-7-8-9-10-11/h10-11H,3-9H2,1-2H3;11H,2-10H2,1H3. The third kappa shape index (κ3) is 24.9. The lowest BCUT2D eigenvalue weighted by Gasteiger charge is -2.05. The summed E-state index contributed by atoms with van der Waals surface area (Å²) in [5.74, 6) is 0. The first-order valence-corrected chi connectivity index (χ1v) is 10.0. The molecule has 2 nitrogen and oxygen atoms in total. The summed E-state index contributed by atoms with van der Waals surface area (Å²) in [4.78, 5) is 0. The van der Waals surface area contributed by atoms with Crippen molar-refractivity contribution >= 4 is 0 Å². The highest BCUT2D eigenvalue weighted by Crippen LogP contribution is 2.08. The van der Waals surface area contributed by atoms with E-state index in [1.165, 1.54) is 77.0 Å². The molecule has 0 fully saturated rings. The highest BCUT2D eigenvalue weighted by molar-refractivity contribution is 4.52. The van der Waals surface area contributed by atoms with Crippen molar-refractivity contribution in [2.45, 2.75) is 123 Å². The largest absolute Gasteiger partial charge is 0.396 e. The molecule has 22 heavy (non-hydrogen) atoms. The fourth-order valence-electron chi connectivity index (χ4n) is 2.43. The van der Waals surface area contributed by atoms with Gasteiger partial charge in [-0.05, 0) is 19.3 Å². The van der Waals surface area contributed by atoms with Crippen LogP contribution < -0.4 is 0 Å². The van der Waals surface area contributed by atoms with E-state index in [9.17, 15) is 5.11 Å². The second-order valence-corrected chi connectivity index (χ2v) is 6.46. The first kappa shape index (κ1) is 24.2. The molecule has 1 unspecified atom stereocenters. The molecule has 0 aromatic carbocycles. The number of rotatable bonds is 15. The van der Waals surface area contributed by atoms with Gasteiger partial charge in [0.05, 0.1) is 6.10 Å². The SMILES string of the molecule is CCCCCCCC(O)CC.CCCCCCCCCCO. The molecule has 0 aromatic heterocycles. The summed E-state index contributed by atoms with van der Waals surface area (Å²) in [6.45, 7) is 6.87. The average molecular weight is 317 g/mol. The maximum absolute atomic E-state index is 9.21. The molecule has 0 amide bonds. The van der Waals surface area contributed by atoms with E-state index in [2.05, 4.69) is 13.8 Å². The van der Waals surface area contributed by atoms with Gasteiger partial charge < -0.3 is 10.2 Å². The normalized spacial score (nSPS) is 11.9. The molecule has 0 spiro atoms. The van der Waals surface area contributed by atoms with Gasteiger partial charge in [0.25, 0.3) is 0 Å². The van der Waals surface area contributed by atoms with Gasteiger partial charge in [0.15, 0.2) is 0 Å². The molecule has 0 aliphatic heterocycles. The van der Waals surface area contributed by atoms with Crippen LogP contribution in [-0.4, -0.2) is 22.9 Å². The van der Waals surface area contributed by atoms with Gasteiger partial charge in [-0.2, -0.15) is 0 Å². The summed E-state index contributed by atoms with van der Waals surface area (Å²) >= 11 is 0. The Labute approximate surface area is 140 Å². The van der Waals surface area contributed by atoms with Gasteiger partial charge in [0, 0.05) is 6.61 Å². The van der Waals surface area contributed by atoms with E-state index in [4.69, 9.17) is 5.11 Å². The average Bonchev–Trinajstić information content (AvgIpc) is 2.54. The van der Waals surface area contributed by atoms with E-state index < -0.39 is 0 Å². The van der Waals surface area contributed by atoms with Gasteiger partial charge in [0.2, 0.25) is 0 Å². The van der Waals surface area contributed by atoms with Gasteiger partial charge in [-0.1, -0.05) is 97.8 Å². The summed E-state index contributed by atoms with van der Waals surface area (Å²) < 4.78 is 0. The predicted octanol–water partition coefficient (Wildman–Crippen LogP) is 6.24. The Morgan fingerprint density at radius 1 is 0.591 bits per heavy atom. The Morgan fingerprint density at radius 3 is 1.41 bits per heavy atom. The van der Waals surface area contributed by atoms with E-state index in [1.54, 1.807) is 0 Å². The van der Waals surface area contributed by atoms with Crippen LogP contribution in [0.1, 0.15) is 117 Å². The van der Waals surface area contributed by atoms with E-state index >= 15 is 0 Å². The first-order valence-electron chi connectivity index (χ1n) is 10.0. The molecule has 0 aliphatic carbocycles. The number of unbranched alkanes of at least 4 members (excludes halogenated alkanes) is 11. The van der Waals surface area contributed by atoms with Crippen LogP contribution >= 0.6 is 0 Å². The molecule has 0 saturated heterocycles. The van der Waals surface area contributed by atoms with Crippen molar-refractivity contribution in [2.24, 2.45) is 0 Å². The third-order valence-corrected chi connectivity index (χ3v) is 4.12. The van der Waals surface area contributed by atoms with Gasteiger partial charge >= 0.3 is 0 Å². The smallest absolute Gasteiger partial charge is 0.0537 e. The predicted molar refractivity (Wildman–Crippen MR) is 99.4 cm³/mol. The minimum absolute atomic E-state index is 0.0448. The lowest BCUT2D eigenvalue weighted by molar-refractivity contribution is 0.156.